The van der Waals surface area contributed by atoms with Gasteiger partial charge in [-0.25, -0.2) is 4.99 Å². The summed E-state index contributed by atoms with van der Waals surface area (Å²) in [5, 5.41) is 18.7. The van der Waals surface area contributed by atoms with Crippen molar-refractivity contribution in [3.8, 4) is 5.88 Å². The Kier molecular flexibility index (Phi) is 3.95. The fourth-order valence-electron chi connectivity index (χ4n) is 2.96. The largest absolute Gasteiger partial charge is 0.494 e. The van der Waals surface area contributed by atoms with Gasteiger partial charge in [0.25, 0.3) is 0 Å². The number of likely N-dealkylation sites (N-methyl/N-ethyl adjacent to an activating group) is 1. The van der Waals surface area contributed by atoms with E-state index in [2.05, 4.69) is 15.5 Å². The van der Waals surface area contributed by atoms with Crippen LogP contribution in [-0.2, 0) is 4.84 Å². The number of benzene rings is 2. The second-order valence-corrected chi connectivity index (χ2v) is 5.75. The van der Waals surface area contributed by atoms with Crippen LogP contribution in [0.3, 0.4) is 0 Å². The SMILES string of the molecule is CNCCON=C1C(c2c(O)[nH]c3ccccc23)=Nc2ccccc21. The minimum absolute atomic E-state index is 0.0793. The fraction of sp³-hybridized carbons (Fsp3) is 0.158. The van der Waals surface area contributed by atoms with Gasteiger partial charge in [0.15, 0.2) is 5.88 Å². The van der Waals surface area contributed by atoms with Gasteiger partial charge in [-0.2, -0.15) is 0 Å². The molecular formula is C19H18N4O2. The molecule has 2 aromatic carbocycles. The van der Waals surface area contributed by atoms with Gasteiger partial charge in [-0.15, -0.1) is 0 Å². The Morgan fingerprint density at radius 2 is 1.96 bits per heavy atom. The number of aromatic hydroxyl groups is 1. The van der Waals surface area contributed by atoms with E-state index >= 15 is 0 Å². The van der Waals surface area contributed by atoms with Crippen molar-refractivity contribution in [2.24, 2.45) is 10.1 Å². The van der Waals surface area contributed by atoms with Crippen LogP contribution in [0.2, 0.25) is 0 Å². The lowest BCUT2D eigenvalue weighted by atomic mass is 10.0. The molecule has 25 heavy (non-hydrogen) atoms. The van der Waals surface area contributed by atoms with E-state index < -0.39 is 0 Å². The van der Waals surface area contributed by atoms with E-state index in [-0.39, 0.29) is 5.88 Å². The smallest absolute Gasteiger partial charge is 0.199 e. The average molecular weight is 334 g/mol. The molecule has 1 aliphatic heterocycles. The van der Waals surface area contributed by atoms with Crippen molar-refractivity contribution in [1.29, 1.82) is 0 Å². The van der Waals surface area contributed by atoms with Crippen molar-refractivity contribution >= 4 is 28.0 Å². The minimum atomic E-state index is 0.0793. The van der Waals surface area contributed by atoms with E-state index in [0.717, 1.165) is 22.2 Å². The molecule has 126 valence electrons. The Labute approximate surface area is 144 Å². The molecule has 6 nitrogen and oxygen atoms in total. The monoisotopic (exact) mass is 334 g/mol. The molecule has 0 bridgehead atoms. The van der Waals surface area contributed by atoms with Crippen LogP contribution in [-0.4, -0.2) is 41.7 Å². The predicted octanol–water partition coefficient (Wildman–Crippen LogP) is 2.95. The quantitative estimate of drug-likeness (QED) is 0.495. The number of rotatable bonds is 5. The number of aromatic amines is 1. The Hall–Kier alpha value is -3.12. The van der Waals surface area contributed by atoms with Gasteiger partial charge in [0.05, 0.1) is 11.3 Å². The maximum absolute atomic E-state index is 10.5. The summed E-state index contributed by atoms with van der Waals surface area (Å²) < 4.78 is 0. The summed E-state index contributed by atoms with van der Waals surface area (Å²) in [5.74, 6) is 0.0793. The normalized spacial score (nSPS) is 14.8. The van der Waals surface area contributed by atoms with Crippen LogP contribution in [0.15, 0.2) is 58.7 Å². The van der Waals surface area contributed by atoms with Gasteiger partial charge < -0.3 is 20.2 Å². The maximum atomic E-state index is 10.5. The maximum Gasteiger partial charge on any atom is 0.199 e. The van der Waals surface area contributed by atoms with E-state index in [4.69, 9.17) is 9.83 Å². The first-order valence-electron chi connectivity index (χ1n) is 8.12. The number of para-hydroxylation sites is 2. The van der Waals surface area contributed by atoms with E-state index in [1.807, 2.05) is 55.6 Å². The van der Waals surface area contributed by atoms with Crippen molar-refractivity contribution in [3.63, 3.8) is 0 Å². The molecule has 0 unspecified atom stereocenters. The molecule has 0 radical (unpaired) electrons. The highest BCUT2D eigenvalue weighted by atomic mass is 16.6. The van der Waals surface area contributed by atoms with Crippen LogP contribution in [0.4, 0.5) is 5.69 Å². The Morgan fingerprint density at radius 1 is 1.16 bits per heavy atom. The summed E-state index contributed by atoms with van der Waals surface area (Å²) in [4.78, 5) is 13.1. The summed E-state index contributed by atoms with van der Waals surface area (Å²) in [6, 6.07) is 15.5. The molecule has 4 rings (SSSR count). The molecule has 1 aromatic heterocycles. The Balaban J connectivity index is 1.83. The lowest BCUT2D eigenvalue weighted by Gasteiger charge is -2.05. The minimum Gasteiger partial charge on any atom is -0.494 e. The molecule has 0 saturated carbocycles. The first-order valence-corrected chi connectivity index (χ1v) is 8.12. The van der Waals surface area contributed by atoms with E-state index in [1.165, 1.54) is 0 Å². The number of H-pyrrole nitrogens is 1. The predicted molar refractivity (Wildman–Crippen MR) is 99.0 cm³/mol. The van der Waals surface area contributed by atoms with Gasteiger partial charge in [0.2, 0.25) is 0 Å². The van der Waals surface area contributed by atoms with Crippen molar-refractivity contribution in [2.75, 3.05) is 20.2 Å². The van der Waals surface area contributed by atoms with E-state index in [0.29, 0.717) is 30.1 Å². The molecule has 0 atom stereocenters. The van der Waals surface area contributed by atoms with Crippen LogP contribution < -0.4 is 5.32 Å². The summed E-state index contributed by atoms with van der Waals surface area (Å²) in [5.41, 5.74) is 4.45. The summed E-state index contributed by atoms with van der Waals surface area (Å²) in [6.07, 6.45) is 0. The number of oxime groups is 1. The molecule has 1 aliphatic rings. The molecule has 2 heterocycles. The number of aliphatic imine (C=N–C) groups is 1. The first kappa shape index (κ1) is 15.4. The van der Waals surface area contributed by atoms with Crippen LogP contribution in [0.5, 0.6) is 5.88 Å². The molecule has 0 spiro atoms. The standard InChI is InChI=1S/C19H18N4O2/c1-20-10-11-25-23-17-13-7-3-5-9-15(13)21-18(17)16-12-6-2-4-8-14(12)22-19(16)24/h2-9,20,22,24H,10-11H2,1H3. The number of nitrogens with one attached hydrogen (secondary N) is 2. The topological polar surface area (TPSA) is 82.0 Å². The number of hydrogen-bond acceptors (Lipinski definition) is 5. The highest BCUT2D eigenvalue weighted by Gasteiger charge is 2.28. The third kappa shape index (κ3) is 2.66. The zero-order valence-corrected chi connectivity index (χ0v) is 13.8. The second-order valence-electron chi connectivity index (χ2n) is 5.75. The Morgan fingerprint density at radius 3 is 2.84 bits per heavy atom. The zero-order chi connectivity index (χ0) is 17.2. The number of aromatic nitrogens is 1. The van der Waals surface area contributed by atoms with Crippen molar-refractivity contribution in [2.45, 2.75) is 0 Å². The molecule has 0 fully saturated rings. The van der Waals surface area contributed by atoms with Gasteiger partial charge in [-0.3, -0.25) is 0 Å². The molecule has 3 aromatic rings. The highest BCUT2D eigenvalue weighted by Crippen LogP contribution is 2.35. The van der Waals surface area contributed by atoms with E-state index in [9.17, 15) is 5.11 Å². The molecule has 6 heteroatoms. The zero-order valence-electron chi connectivity index (χ0n) is 13.8. The fourth-order valence-corrected chi connectivity index (χ4v) is 2.96. The van der Waals surface area contributed by atoms with Gasteiger partial charge >= 0.3 is 0 Å². The molecule has 0 amide bonds. The average Bonchev–Trinajstić information content (AvgIpc) is 3.15. The lowest BCUT2D eigenvalue weighted by Crippen LogP contribution is -2.16. The van der Waals surface area contributed by atoms with Crippen LogP contribution in [0.25, 0.3) is 10.9 Å². The molecule has 3 N–H and O–H groups in total. The van der Waals surface area contributed by atoms with E-state index in [1.54, 1.807) is 0 Å². The number of hydrogen-bond donors (Lipinski definition) is 3. The van der Waals surface area contributed by atoms with Gasteiger partial charge in [-0.05, 0) is 19.2 Å². The Bertz CT molecular complexity index is 988. The van der Waals surface area contributed by atoms with Gasteiger partial charge in [0.1, 0.15) is 18.0 Å². The third-order valence-corrected chi connectivity index (χ3v) is 4.14. The third-order valence-electron chi connectivity index (χ3n) is 4.14. The first-order chi connectivity index (χ1) is 12.3. The number of fused-ring (bicyclic) bond motifs is 2. The second kappa shape index (κ2) is 6.41. The highest BCUT2D eigenvalue weighted by molar-refractivity contribution is 6.58. The molecule has 0 aliphatic carbocycles. The van der Waals surface area contributed by atoms with Crippen LogP contribution in [0.1, 0.15) is 11.1 Å². The van der Waals surface area contributed by atoms with Crippen molar-refractivity contribution in [3.05, 3.63) is 59.7 Å². The number of nitrogens with zero attached hydrogens (tertiary/aromatic N) is 2. The summed E-state index contributed by atoms with van der Waals surface area (Å²) >= 11 is 0. The van der Waals surface area contributed by atoms with Gasteiger partial charge in [0, 0.05) is 23.0 Å². The van der Waals surface area contributed by atoms with Gasteiger partial charge in [-0.1, -0.05) is 41.6 Å². The summed E-state index contributed by atoms with van der Waals surface area (Å²) in [7, 11) is 1.86. The molecule has 0 saturated heterocycles. The lowest BCUT2D eigenvalue weighted by molar-refractivity contribution is 0.148. The van der Waals surface area contributed by atoms with Crippen molar-refractivity contribution in [1.82, 2.24) is 10.3 Å². The van der Waals surface area contributed by atoms with Crippen LogP contribution >= 0.6 is 0 Å². The summed E-state index contributed by atoms with van der Waals surface area (Å²) in [6.45, 7) is 1.15. The van der Waals surface area contributed by atoms with Crippen LogP contribution in [0, 0.1) is 0 Å². The molecular weight excluding hydrogens is 316 g/mol. The van der Waals surface area contributed by atoms with Crippen molar-refractivity contribution < 1.29 is 9.94 Å².